The van der Waals surface area contributed by atoms with Crippen molar-refractivity contribution in [2.45, 2.75) is 46.1 Å². The summed E-state index contributed by atoms with van der Waals surface area (Å²) < 4.78 is 5.50. The molecule has 1 aromatic carbocycles. The summed E-state index contributed by atoms with van der Waals surface area (Å²) >= 11 is 1.58. The Bertz CT molecular complexity index is 879. The van der Waals surface area contributed by atoms with Crippen molar-refractivity contribution in [3.05, 3.63) is 64.4 Å². The third-order valence-electron chi connectivity index (χ3n) is 4.32. The predicted molar refractivity (Wildman–Crippen MR) is 106 cm³/mol. The van der Waals surface area contributed by atoms with Gasteiger partial charge >= 0.3 is 0 Å². The zero-order chi connectivity index (χ0) is 18.7. The zero-order valence-corrected chi connectivity index (χ0v) is 16.4. The van der Waals surface area contributed by atoms with Crippen LogP contribution in [0, 0.1) is 0 Å². The summed E-state index contributed by atoms with van der Waals surface area (Å²) in [7, 11) is 0. The molecule has 136 valence electrons. The largest absolute Gasteiger partial charge is 0.443 e. The van der Waals surface area contributed by atoms with E-state index in [0.717, 1.165) is 16.0 Å². The number of oxazole rings is 1. The van der Waals surface area contributed by atoms with Crippen LogP contribution in [0.2, 0.25) is 0 Å². The van der Waals surface area contributed by atoms with Crippen LogP contribution in [0.4, 0.5) is 0 Å². The lowest BCUT2D eigenvalue weighted by molar-refractivity contribution is 0.0949. The van der Waals surface area contributed by atoms with E-state index in [4.69, 9.17) is 4.42 Å². The molecule has 0 fully saturated rings. The molecule has 3 rings (SSSR count). The number of nitrogens with one attached hydrogen (secondary N) is 1. The smallest absolute Gasteiger partial charge is 0.251 e. The Morgan fingerprint density at radius 1 is 1.19 bits per heavy atom. The molecular weight excluding hydrogens is 344 g/mol. The molecule has 0 saturated carbocycles. The fraction of sp³-hybridized carbons (Fsp3) is 0.333. The average molecular weight is 369 g/mol. The fourth-order valence-corrected chi connectivity index (χ4v) is 3.45. The van der Waals surface area contributed by atoms with Gasteiger partial charge < -0.3 is 9.73 Å². The molecule has 1 N–H and O–H groups in total. The SMILES string of the molecule is CC(C)c1ccc(C(=O)NCc2coc(-c3cccs3)n2)c(C(C)C)c1. The zero-order valence-electron chi connectivity index (χ0n) is 15.6. The van der Waals surface area contributed by atoms with Crippen molar-refractivity contribution in [2.75, 3.05) is 0 Å². The van der Waals surface area contributed by atoms with Crippen molar-refractivity contribution in [1.82, 2.24) is 10.3 Å². The minimum Gasteiger partial charge on any atom is -0.443 e. The first-order valence-electron chi connectivity index (χ1n) is 8.86. The average Bonchev–Trinajstić information content (AvgIpc) is 3.30. The Balaban J connectivity index is 1.72. The summed E-state index contributed by atoms with van der Waals surface area (Å²) in [6.07, 6.45) is 1.60. The lowest BCUT2D eigenvalue weighted by Gasteiger charge is -2.16. The third-order valence-corrected chi connectivity index (χ3v) is 5.18. The first-order valence-corrected chi connectivity index (χ1v) is 9.74. The van der Waals surface area contributed by atoms with Crippen molar-refractivity contribution >= 4 is 17.2 Å². The van der Waals surface area contributed by atoms with Gasteiger partial charge in [0, 0.05) is 5.56 Å². The Morgan fingerprint density at radius 2 is 2.00 bits per heavy atom. The number of benzene rings is 1. The van der Waals surface area contributed by atoms with Gasteiger partial charge in [0.15, 0.2) is 0 Å². The molecule has 0 bridgehead atoms. The molecule has 2 heterocycles. The van der Waals surface area contributed by atoms with E-state index in [2.05, 4.69) is 44.1 Å². The molecule has 0 unspecified atom stereocenters. The first kappa shape index (κ1) is 18.4. The Labute approximate surface area is 158 Å². The summed E-state index contributed by atoms with van der Waals surface area (Å²) in [5.41, 5.74) is 3.77. The van der Waals surface area contributed by atoms with E-state index >= 15 is 0 Å². The second-order valence-electron chi connectivity index (χ2n) is 6.96. The molecule has 0 aliphatic rings. The van der Waals surface area contributed by atoms with E-state index in [-0.39, 0.29) is 11.8 Å². The van der Waals surface area contributed by atoms with E-state index in [9.17, 15) is 4.79 Å². The molecule has 5 heteroatoms. The number of rotatable bonds is 6. The molecule has 0 saturated heterocycles. The first-order chi connectivity index (χ1) is 12.5. The highest BCUT2D eigenvalue weighted by molar-refractivity contribution is 7.13. The summed E-state index contributed by atoms with van der Waals surface area (Å²) in [5, 5.41) is 4.94. The Hall–Kier alpha value is -2.40. The number of thiophene rings is 1. The molecule has 0 atom stereocenters. The maximum atomic E-state index is 12.7. The van der Waals surface area contributed by atoms with Crippen molar-refractivity contribution in [3.8, 4) is 10.8 Å². The van der Waals surface area contributed by atoms with Crippen molar-refractivity contribution in [3.63, 3.8) is 0 Å². The highest BCUT2D eigenvalue weighted by atomic mass is 32.1. The van der Waals surface area contributed by atoms with Gasteiger partial charge in [-0.25, -0.2) is 4.98 Å². The Kier molecular flexibility index (Phi) is 5.57. The number of carbonyl (C=O) groups excluding carboxylic acids is 1. The van der Waals surface area contributed by atoms with Crippen LogP contribution >= 0.6 is 11.3 Å². The standard InChI is InChI=1S/C21H24N2O2S/c1-13(2)15-7-8-17(18(10-15)14(3)4)20(24)22-11-16-12-25-21(23-16)19-6-5-9-26-19/h5-10,12-14H,11H2,1-4H3,(H,22,24). The molecule has 0 aliphatic heterocycles. The number of aromatic nitrogens is 1. The van der Waals surface area contributed by atoms with Gasteiger partial charge in [-0.1, -0.05) is 45.9 Å². The quantitative estimate of drug-likeness (QED) is 0.618. The van der Waals surface area contributed by atoms with Crippen LogP contribution in [0.25, 0.3) is 10.8 Å². The monoisotopic (exact) mass is 368 g/mol. The minimum atomic E-state index is -0.0790. The topological polar surface area (TPSA) is 55.1 Å². The molecule has 26 heavy (non-hydrogen) atoms. The van der Waals surface area contributed by atoms with Crippen LogP contribution in [0.15, 0.2) is 46.4 Å². The van der Waals surface area contributed by atoms with Crippen LogP contribution in [0.1, 0.15) is 66.7 Å². The molecule has 0 spiro atoms. The van der Waals surface area contributed by atoms with E-state index in [1.54, 1.807) is 17.6 Å². The summed E-state index contributed by atoms with van der Waals surface area (Å²) in [5.74, 6) is 1.24. The van der Waals surface area contributed by atoms with Gasteiger partial charge in [0.2, 0.25) is 5.89 Å². The molecule has 0 aliphatic carbocycles. The summed E-state index contributed by atoms with van der Waals surface area (Å²) in [6.45, 7) is 8.89. The maximum absolute atomic E-state index is 12.7. The molecule has 3 aromatic rings. The van der Waals surface area contributed by atoms with E-state index in [0.29, 0.717) is 24.0 Å². The second-order valence-corrected chi connectivity index (χ2v) is 7.91. The van der Waals surface area contributed by atoms with Gasteiger partial charge in [-0.3, -0.25) is 4.79 Å². The van der Waals surface area contributed by atoms with Crippen molar-refractivity contribution in [1.29, 1.82) is 0 Å². The lowest BCUT2D eigenvalue weighted by Crippen LogP contribution is -2.24. The molecule has 2 aromatic heterocycles. The van der Waals surface area contributed by atoms with Gasteiger partial charge in [0.25, 0.3) is 5.91 Å². The number of amides is 1. The van der Waals surface area contributed by atoms with E-state index < -0.39 is 0 Å². The number of carbonyl (C=O) groups is 1. The van der Waals surface area contributed by atoms with Gasteiger partial charge in [0.05, 0.1) is 17.1 Å². The number of nitrogens with zero attached hydrogens (tertiary/aromatic N) is 1. The molecular formula is C21H24N2O2S. The van der Waals surface area contributed by atoms with Gasteiger partial charge in [0.1, 0.15) is 6.26 Å². The summed E-state index contributed by atoms with van der Waals surface area (Å²) in [6, 6.07) is 10.0. The van der Waals surface area contributed by atoms with Crippen molar-refractivity contribution < 1.29 is 9.21 Å². The Morgan fingerprint density at radius 3 is 2.65 bits per heavy atom. The highest BCUT2D eigenvalue weighted by Gasteiger charge is 2.16. The van der Waals surface area contributed by atoms with Gasteiger partial charge in [-0.2, -0.15) is 0 Å². The number of hydrogen-bond acceptors (Lipinski definition) is 4. The fourth-order valence-electron chi connectivity index (χ4n) is 2.79. The maximum Gasteiger partial charge on any atom is 0.251 e. The minimum absolute atomic E-state index is 0.0790. The van der Waals surface area contributed by atoms with E-state index in [1.165, 1.54) is 5.56 Å². The summed E-state index contributed by atoms with van der Waals surface area (Å²) in [4.78, 5) is 18.1. The molecule has 4 nitrogen and oxygen atoms in total. The second kappa shape index (κ2) is 7.87. The van der Waals surface area contributed by atoms with Crippen LogP contribution in [-0.4, -0.2) is 10.9 Å². The van der Waals surface area contributed by atoms with Gasteiger partial charge in [-0.05, 0) is 40.5 Å². The van der Waals surface area contributed by atoms with Crippen molar-refractivity contribution in [2.24, 2.45) is 0 Å². The van der Waals surface area contributed by atoms with Gasteiger partial charge in [-0.15, -0.1) is 11.3 Å². The normalized spacial score (nSPS) is 11.3. The van der Waals surface area contributed by atoms with Crippen LogP contribution in [-0.2, 0) is 6.54 Å². The predicted octanol–water partition coefficient (Wildman–Crippen LogP) is 5.58. The highest BCUT2D eigenvalue weighted by Crippen LogP contribution is 2.26. The number of hydrogen-bond donors (Lipinski definition) is 1. The van der Waals surface area contributed by atoms with Crippen LogP contribution in [0.3, 0.4) is 0 Å². The van der Waals surface area contributed by atoms with Crippen LogP contribution < -0.4 is 5.32 Å². The van der Waals surface area contributed by atoms with E-state index in [1.807, 2.05) is 29.6 Å². The molecule has 1 amide bonds. The lowest BCUT2D eigenvalue weighted by atomic mass is 9.91. The van der Waals surface area contributed by atoms with Crippen LogP contribution in [0.5, 0.6) is 0 Å². The third kappa shape index (κ3) is 4.05. The molecule has 0 radical (unpaired) electrons.